The summed E-state index contributed by atoms with van der Waals surface area (Å²) in [5.41, 5.74) is 7.50. The molecule has 0 saturated carbocycles. The molecule has 1 saturated heterocycles. The van der Waals surface area contributed by atoms with E-state index in [1.54, 1.807) is 0 Å². The Balaban J connectivity index is 2.18. The Morgan fingerprint density at radius 2 is 2.26 bits per heavy atom. The zero-order chi connectivity index (χ0) is 14.0. The van der Waals surface area contributed by atoms with Crippen molar-refractivity contribution in [2.45, 2.75) is 37.9 Å². The van der Waals surface area contributed by atoms with Crippen LogP contribution in [0.15, 0.2) is 12.4 Å². The van der Waals surface area contributed by atoms with Crippen molar-refractivity contribution < 1.29 is 0 Å². The molecule has 2 heterocycles. The third kappa shape index (κ3) is 3.35. The third-order valence-electron chi connectivity index (χ3n) is 3.92. The smallest absolute Gasteiger partial charge is 0.0538 e. The Morgan fingerprint density at radius 3 is 2.79 bits per heavy atom. The van der Waals surface area contributed by atoms with Crippen molar-refractivity contribution in [3.05, 3.63) is 18.0 Å². The molecule has 1 fully saturated rings. The van der Waals surface area contributed by atoms with Gasteiger partial charge in [-0.25, -0.2) is 0 Å². The zero-order valence-electron chi connectivity index (χ0n) is 12.6. The van der Waals surface area contributed by atoms with E-state index in [4.69, 9.17) is 5.73 Å². The number of nitrogens with zero attached hydrogens (tertiary/aromatic N) is 4. The van der Waals surface area contributed by atoms with E-state index in [-0.39, 0.29) is 12.1 Å². The lowest BCUT2D eigenvalue weighted by atomic mass is 10.0. The molecule has 1 aromatic heterocycles. The van der Waals surface area contributed by atoms with Crippen LogP contribution in [0, 0.1) is 0 Å². The van der Waals surface area contributed by atoms with Gasteiger partial charge in [0, 0.05) is 37.4 Å². The lowest BCUT2D eigenvalue weighted by Gasteiger charge is -2.36. The summed E-state index contributed by atoms with van der Waals surface area (Å²) in [6, 6.07) is 0.999. The molecular formula is C14H27N5. The number of nitrogens with two attached hydrogens (primary N) is 1. The Morgan fingerprint density at radius 1 is 1.53 bits per heavy atom. The van der Waals surface area contributed by atoms with Crippen LogP contribution in [-0.2, 0) is 7.05 Å². The second-order valence-corrected chi connectivity index (χ2v) is 6.05. The molecular weight excluding hydrogens is 238 g/mol. The van der Waals surface area contributed by atoms with Crippen LogP contribution in [0.25, 0.3) is 0 Å². The maximum absolute atomic E-state index is 6.26. The zero-order valence-corrected chi connectivity index (χ0v) is 12.6. The van der Waals surface area contributed by atoms with Gasteiger partial charge in [0.05, 0.1) is 12.2 Å². The van der Waals surface area contributed by atoms with E-state index in [1.165, 1.54) is 18.4 Å². The summed E-state index contributed by atoms with van der Waals surface area (Å²) in [6.07, 6.45) is 6.59. The van der Waals surface area contributed by atoms with Crippen molar-refractivity contribution in [3.8, 4) is 0 Å². The van der Waals surface area contributed by atoms with E-state index >= 15 is 0 Å². The monoisotopic (exact) mass is 265 g/mol. The second kappa shape index (κ2) is 6.03. The van der Waals surface area contributed by atoms with Crippen LogP contribution in [-0.4, -0.2) is 58.8 Å². The van der Waals surface area contributed by atoms with Crippen LogP contribution in [0.3, 0.4) is 0 Å². The minimum Gasteiger partial charge on any atom is -0.326 e. The lowest BCUT2D eigenvalue weighted by molar-refractivity contribution is 0.137. The van der Waals surface area contributed by atoms with E-state index in [1.807, 2.05) is 17.9 Å². The van der Waals surface area contributed by atoms with Crippen molar-refractivity contribution in [1.29, 1.82) is 0 Å². The molecule has 19 heavy (non-hydrogen) atoms. The first-order valence-electron chi connectivity index (χ1n) is 7.13. The summed E-state index contributed by atoms with van der Waals surface area (Å²) >= 11 is 0. The van der Waals surface area contributed by atoms with Gasteiger partial charge in [0.15, 0.2) is 0 Å². The highest BCUT2D eigenvalue weighted by Gasteiger charge is 2.34. The molecule has 0 radical (unpaired) electrons. The van der Waals surface area contributed by atoms with Gasteiger partial charge in [-0.3, -0.25) is 9.58 Å². The maximum atomic E-state index is 6.26. The van der Waals surface area contributed by atoms with Gasteiger partial charge in [0.25, 0.3) is 0 Å². The molecule has 0 aromatic carbocycles. The summed E-state index contributed by atoms with van der Waals surface area (Å²) < 4.78 is 1.86. The molecule has 2 N–H and O–H groups in total. The predicted molar refractivity (Wildman–Crippen MR) is 77.9 cm³/mol. The summed E-state index contributed by atoms with van der Waals surface area (Å²) in [5, 5.41) is 4.30. The van der Waals surface area contributed by atoms with Crippen molar-refractivity contribution in [2.75, 3.05) is 27.2 Å². The number of likely N-dealkylation sites (tertiary alicyclic amines) is 1. The van der Waals surface area contributed by atoms with E-state index in [0.29, 0.717) is 6.04 Å². The molecule has 0 aliphatic carbocycles. The lowest BCUT2D eigenvalue weighted by Crippen LogP contribution is -2.45. The van der Waals surface area contributed by atoms with E-state index in [0.717, 1.165) is 13.1 Å². The predicted octanol–water partition coefficient (Wildman–Crippen LogP) is 0.834. The first-order valence-corrected chi connectivity index (χ1v) is 7.13. The Labute approximate surface area is 116 Å². The molecule has 5 nitrogen and oxygen atoms in total. The van der Waals surface area contributed by atoms with Gasteiger partial charge in [-0.2, -0.15) is 5.10 Å². The molecule has 1 aliphatic heterocycles. The SMILES string of the molecule is CC(N)C(c1cnn(C)c1)N1CCCC1CN(C)C. The van der Waals surface area contributed by atoms with Crippen LogP contribution < -0.4 is 5.73 Å². The maximum Gasteiger partial charge on any atom is 0.0538 e. The molecule has 1 aliphatic rings. The van der Waals surface area contributed by atoms with Crippen LogP contribution >= 0.6 is 0 Å². The van der Waals surface area contributed by atoms with Gasteiger partial charge >= 0.3 is 0 Å². The fourth-order valence-electron chi connectivity index (χ4n) is 3.23. The van der Waals surface area contributed by atoms with Gasteiger partial charge in [-0.15, -0.1) is 0 Å². The molecule has 0 bridgehead atoms. The highest BCUT2D eigenvalue weighted by atomic mass is 15.3. The Bertz CT molecular complexity index is 398. The van der Waals surface area contributed by atoms with Gasteiger partial charge in [0.2, 0.25) is 0 Å². The summed E-state index contributed by atoms with van der Waals surface area (Å²) in [5.74, 6) is 0. The number of hydrogen-bond acceptors (Lipinski definition) is 4. The van der Waals surface area contributed by atoms with Crippen LogP contribution in [0.4, 0.5) is 0 Å². The van der Waals surface area contributed by atoms with E-state index < -0.39 is 0 Å². The Kier molecular flexibility index (Phi) is 4.60. The van der Waals surface area contributed by atoms with Gasteiger partial charge < -0.3 is 10.6 Å². The first-order chi connectivity index (χ1) is 8.99. The van der Waals surface area contributed by atoms with Crippen LogP contribution in [0.2, 0.25) is 0 Å². The highest BCUT2D eigenvalue weighted by Crippen LogP contribution is 2.31. The van der Waals surface area contributed by atoms with Crippen LogP contribution in [0.1, 0.15) is 31.4 Å². The molecule has 3 unspecified atom stereocenters. The molecule has 1 aromatic rings. The van der Waals surface area contributed by atoms with E-state index in [2.05, 4.69) is 42.1 Å². The average Bonchev–Trinajstić information content (AvgIpc) is 2.89. The van der Waals surface area contributed by atoms with Gasteiger partial charge in [-0.1, -0.05) is 0 Å². The quantitative estimate of drug-likeness (QED) is 0.857. The molecule has 0 spiro atoms. The fraction of sp³-hybridized carbons (Fsp3) is 0.786. The third-order valence-corrected chi connectivity index (χ3v) is 3.92. The number of hydrogen-bond donors (Lipinski definition) is 1. The molecule has 108 valence electrons. The van der Waals surface area contributed by atoms with Crippen molar-refractivity contribution in [3.63, 3.8) is 0 Å². The van der Waals surface area contributed by atoms with Gasteiger partial charge in [-0.05, 0) is 40.4 Å². The van der Waals surface area contributed by atoms with E-state index in [9.17, 15) is 0 Å². The molecule has 2 rings (SSSR count). The second-order valence-electron chi connectivity index (χ2n) is 6.05. The fourth-order valence-corrected chi connectivity index (χ4v) is 3.23. The largest absolute Gasteiger partial charge is 0.326 e. The topological polar surface area (TPSA) is 50.3 Å². The van der Waals surface area contributed by atoms with Crippen molar-refractivity contribution in [1.82, 2.24) is 19.6 Å². The summed E-state index contributed by atoms with van der Waals surface area (Å²) in [7, 11) is 6.24. The highest BCUT2D eigenvalue weighted by molar-refractivity contribution is 5.14. The summed E-state index contributed by atoms with van der Waals surface area (Å²) in [4.78, 5) is 4.84. The normalized spacial score (nSPS) is 24.0. The molecule has 3 atom stereocenters. The number of aromatic nitrogens is 2. The van der Waals surface area contributed by atoms with Crippen molar-refractivity contribution >= 4 is 0 Å². The van der Waals surface area contributed by atoms with Gasteiger partial charge in [0.1, 0.15) is 0 Å². The number of likely N-dealkylation sites (N-methyl/N-ethyl adjacent to an activating group) is 1. The minimum absolute atomic E-state index is 0.118. The first kappa shape index (κ1) is 14.5. The number of aryl methyl sites for hydroxylation is 1. The molecule has 5 heteroatoms. The number of rotatable bonds is 5. The minimum atomic E-state index is 0.118. The Hall–Kier alpha value is -0.910. The standard InChI is InChI=1S/C14H27N5/c1-11(15)14(12-8-16-18(4)9-12)19-7-5-6-13(19)10-17(2)3/h8-9,11,13-14H,5-7,10,15H2,1-4H3. The average molecular weight is 265 g/mol. The van der Waals surface area contributed by atoms with Crippen LogP contribution in [0.5, 0.6) is 0 Å². The summed E-state index contributed by atoms with van der Waals surface area (Å²) in [6.45, 7) is 4.34. The molecule has 0 amide bonds. The van der Waals surface area contributed by atoms with Crippen molar-refractivity contribution in [2.24, 2.45) is 12.8 Å².